The van der Waals surface area contributed by atoms with Crippen molar-refractivity contribution in [2.45, 2.75) is 6.54 Å². The minimum Gasteiger partial charge on any atom is -0.319 e. The third-order valence-corrected chi connectivity index (χ3v) is 1.93. The highest BCUT2D eigenvalue weighted by Gasteiger charge is 2.05. The lowest BCUT2D eigenvalue weighted by atomic mass is 10.5. The number of nitriles is 1. The maximum atomic E-state index is 8.73. The maximum absolute atomic E-state index is 8.73. The molecule has 0 unspecified atom stereocenters. The van der Waals surface area contributed by atoms with E-state index in [4.69, 9.17) is 5.26 Å². The molecular weight excluding hydrogens is 180 g/mol. The maximum Gasteiger partial charge on any atom is 0.213 e. The van der Waals surface area contributed by atoms with Crippen molar-refractivity contribution in [1.29, 1.82) is 5.26 Å². The number of aromatic nitrogens is 5. The second kappa shape index (κ2) is 3.30. The summed E-state index contributed by atoms with van der Waals surface area (Å²) in [6.45, 7) is 0.513. The number of hydrogen-bond donors (Lipinski definition) is 0. The second-order valence-electron chi connectivity index (χ2n) is 2.85. The van der Waals surface area contributed by atoms with E-state index in [0.29, 0.717) is 12.4 Å². The third kappa shape index (κ3) is 1.35. The fraction of sp³-hybridized carbons (Fsp3) is 0.250. The number of nitrogens with zero attached hydrogens (tertiary/aromatic N) is 6. The summed E-state index contributed by atoms with van der Waals surface area (Å²) in [4.78, 5) is 3.89. The van der Waals surface area contributed by atoms with E-state index in [0.717, 1.165) is 5.82 Å². The molecule has 0 aliphatic carbocycles. The topological polar surface area (TPSA) is 72.3 Å². The zero-order valence-electron chi connectivity index (χ0n) is 7.62. The number of hydrogen-bond acceptors (Lipinski definition) is 4. The summed E-state index contributed by atoms with van der Waals surface area (Å²) in [6, 6.07) is 2.00. The van der Waals surface area contributed by atoms with Gasteiger partial charge in [-0.15, -0.1) is 10.2 Å². The highest BCUT2D eigenvalue weighted by atomic mass is 15.3. The Balaban J connectivity index is 2.28. The molecular formula is C8H8N6. The molecule has 0 N–H and O–H groups in total. The molecule has 6 heteroatoms. The van der Waals surface area contributed by atoms with Crippen molar-refractivity contribution < 1.29 is 0 Å². The lowest BCUT2D eigenvalue weighted by molar-refractivity contribution is 0.690. The quantitative estimate of drug-likeness (QED) is 0.661. The van der Waals surface area contributed by atoms with Gasteiger partial charge in [0.25, 0.3) is 0 Å². The summed E-state index contributed by atoms with van der Waals surface area (Å²) < 4.78 is 3.53. The normalized spacial score (nSPS) is 10.0. The van der Waals surface area contributed by atoms with E-state index in [9.17, 15) is 0 Å². The van der Waals surface area contributed by atoms with E-state index >= 15 is 0 Å². The van der Waals surface area contributed by atoms with Crippen molar-refractivity contribution in [2.24, 2.45) is 7.05 Å². The van der Waals surface area contributed by atoms with Gasteiger partial charge in [-0.1, -0.05) is 0 Å². The predicted molar refractivity (Wildman–Crippen MR) is 47.0 cm³/mol. The molecule has 0 aliphatic rings. The first kappa shape index (κ1) is 8.44. The molecule has 0 atom stereocenters. The Bertz CT molecular complexity index is 474. The van der Waals surface area contributed by atoms with Gasteiger partial charge in [0.15, 0.2) is 5.82 Å². The van der Waals surface area contributed by atoms with E-state index < -0.39 is 0 Å². The summed E-state index contributed by atoms with van der Waals surface area (Å²) in [7, 11) is 1.86. The molecule has 0 amide bonds. The minimum absolute atomic E-state index is 0.382. The van der Waals surface area contributed by atoms with Crippen LogP contribution in [0.3, 0.4) is 0 Å². The van der Waals surface area contributed by atoms with Crippen LogP contribution in [0.4, 0.5) is 0 Å². The van der Waals surface area contributed by atoms with Gasteiger partial charge in [0.1, 0.15) is 12.4 Å². The van der Waals surface area contributed by atoms with E-state index in [-0.39, 0.29) is 0 Å². The molecule has 2 heterocycles. The third-order valence-electron chi connectivity index (χ3n) is 1.93. The molecule has 0 radical (unpaired) electrons. The summed E-state index contributed by atoms with van der Waals surface area (Å²) in [5.41, 5.74) is 0. The van der Waals surface area contributed by atoms with Crippen molar-refractivity contribution in [3.8, 4) is 6.07 Å². The summed E-state index contributed by atoms with van der Waals surface area (Å²) in [5, 5.41) is 16.4. The van der Waals surface area contributed by atoms with E-state index in [1.54, 1.807) is 27.9 Å². The van der Waals surface area contributed by atoms with Crippen LogP contribution < -0.4 is 0 Å². The van der Waals surface area contributed by atoms with Gasteiger partial charge in [0, 0.05) is 19.4 Å². The predicted octanol–water partition coefficient (Wildman–Crippen LogP) is -0.0684. The lowest BCUT2D eigenvalue weighted by Gasteiger charge is -2.01. The van der Waals surface area contributed by atoms with E-state index in [1.165, 1.54) is 0 Å². The molecule has 2 aromatic rings. The van der Waals surface area contributed by atoms with Crippen LogP contribution in [0.5, 0.6) is 0 Å². The summed E-state index contributed by atoms with van der Waals surface area (Å²) in [5.74, 6) is 1.17. The Morgan fingerprint density at radius 3 is 3.07 bits per heavy atom. The average molecular weight is 188 g/mol. The number of imidazole rings is 1. The van der Waals surface area contributed by atoms with Crippen LogP contribution in [0.1, 0.15) is 11.6 Å². The molecule has 2 rings (SSSR count). The Labute approximate surface area is 80.4 Å². The summed E-state index contributed by atoms with van der Waals surface area (Å²) in [6.07, 6.45) is 4.96. The Morgan fingerprint density at radius 2 is 2.43 bits per heavy atom. The van der Waals surface area contributed by atoms with Crippen molar-refractivity contribution >= 4 is 0 Å². The van der Waals surface area contributed by atoms with Gasteiger partial charge in [-0.2, -0.15) is 5.26 Å². The van der Waals surface area contributed by atoms with Crippen molar-refractivity contribution in [3.05, 3.63) is 30.4 Å². The van der Waals surface area contributed by atoms with Gasteiger partial charge in [0.2, 0.25) is 5.82 Å². The molecule has 0 aromatic carbocycles. The monoisotopic (exact) mass is 188 g/mol. The molecule has 70 valence electrons. The zero-order valence-corrected chi connectivity index (χ0v) is 7.62. The second-order valence-corrected chi connectivity index (χ2v) is 2.85. The standard InChI is InChI=1S/C8H8N6/c1-13-6-11-12-8(13)5-14-3-2-10-7(14)4-9/h2-3,6H,5H2,1H3. The van der Waals surface area contributed by atoms with Crippen LogP contribution >= 0.6 is 0 Å². The van der Waals surface area contributed by atoms with Crippen LogP contribution in [0, 0.1) is 11.3 Å². The molecule has 14 heavy (non-hydrogen) atoms. The molecule has 2 aromatic heterocycles. The molecule has 0 aliphatic heterocycles. The minimum atomic E-state index is 0.382. The van der Waals surface area contributed by atoms with Gasteiger partial charge < -0.3 is 9.13 Å². The van der Waals surface area contributed by atoms with Crippen LogP contribution in [0.15, 0.2) is 18.7 Å². The van der Waals surface area contributed by atoms with E-state index in [2.05, 4.69) is 15.2 Å². The molecule has 0 saturated heterocycles. The van der Waals surface area contributed by atoms with Crippen LogP contribution in [-0.4, -0.2) is 24.3 Å². The van der Waals surface area contributed by atoms with Gasteiger partial charge >= 0.3 is 0 Å². The first-order chi connectivity index (χ1) is 6.81. The number of aryl methyl sites for hydroxylation is 1. The van der Waals surface area contributed by atoms with Gasteiger partial charge in [-0.25, -0.2) is 4.98 Å². The van der Waals surface area contributed by atoms with Gasteiger partial charge in [-0.05, 0) is 0 Å². The van der Waals surface area contributed by atoms with Gasteiger partial charge in [-0.3, -0.25) is 0 Å². The van der Waals surface area contributed by atoms with Crippen LogP contribution in [-0.2, 0) is 13.6 Å². The Kier molecular flexibility index (Phi) is 1.99. The van der Waals surface area contributed by atoms with Crippen molar-refractivity contribution in [1.82, 2.24) is 24.3 Å². The van der Waals surface area contributed by atoms with Crippen LogP contribution in [0.2, 0.25) is 0 Å². The first-order valence-electron chi connectivity index (χ1n) is 4.05. The average Bonchev–Trinajstić information content (AvgIpc) is 2.77. The van der Waals surface area contributed by atoms with E-state index in [1.807, 2.05) is 13.1 Å². The fourth-order valence-electron chi connectivity index (χ4n) is 1.15. The molecule has 0 fully saturated rings. The van der Waals surface area contributed by atoms with Crippen molar-refractivity contribution in [2.75, 3.05) is 0 Å². The largest absolute Gasteiger partial charge is 0.319 e. The fourth-order valence-corrected chi connectivity index (χ4v) is 1.15. The molecule has 6 nitrogen and oxygen atoms in total. The molecule has 0 saturated carbocycles. The van der Waals surface area contributed by atoms with Crippen LogP contribution in [0.25, 0.3) is 0 Å². The van der Waals surface area contributed by atoms with Gasteiger partial charge in [0.05, 0.1) is 6.54 Å². The number of rotatable bonds is 2. The first-order valence-corrected chi connectivity index (χ1v) is 4.05. The molecule has 0 bridgehead atoms. The summed E-state index contributed by atoms with van der Waals surface area (Å²) >= 11 is 0. The lowest BCUT2D eigenvalue weighted by Crippen LogP contribution is -2.06. The SMILES string of the molecule is Cn1cnnc1Cn1ccnc1C#N. The zero-order chi connectivity index (χ0) is 9.97. The smallest absolute Gasteiger partial charge is 0.213 e. The Morgan fingerprint density at radius 1 is 1.57 bits per heavy atom. The highest BCUT2D eigenvalue weighted by molar-refractivity contribution is 5.12. The van der Waals surface area contributed by atoms with Crippen molar-refractivity contribution in [3.63, 3.8) is 0 Å². The molecule has 0 spiro atoms. The highest BCUT2D eigenvalue weighted by Crippen LogP contribution is 2.00. The Hall–Kier alpha value is -2.16.